The minimum absolute atomic E-state index is 0. The van der Waals surface area contributed by atoms with Crippen LogP contribution in [0.2, 0.25) is 0 Å². The molecule has 0 aliphatic carbocycles. The first-order valence-corrected chi connectivity index (χ1v) is 3.91. The Morgan fingerprint density at radius 3 is 2.60 bits per heavy atom. The van der Waals surface area contributed by atoms with E-state index in [4.69, 9.17) is 10.8 Å². The van der Waals surface area contributed by atoms with Crippen molar-refractivity contribution in [1.82, 2.24) is 0 Å². The maximum absolute atomic E-state index is 10.4. The first-order valence-electron chi connectivity index (χ1n) is 3.91. The van der Waals surface area contributed by atoms with Crippen LogP contribution in [-0.2, 0) is 0 Å². The molecule has 15 heavy (non-hydrogen) atoms. The fourth-order valence-corrected chi connectivity index (χ4v) is 1.03. The van der Waals surface area contributed by atoms with Gasteiger partial charge in [-0.15, -0.1) is 12.4 Å². The van der Waals surface area contributed by atoms with Crippen molar-refractivity contribution in [3.63, 3.8) is 0 Å². The molecule has 7 heteroatoms. The second-order valence-electron chi connectivity index (χ2n) is 2.76. The van der Waals surface area contributed by atoms with Crippen molar-refractivity contribution >= 4 is 18.1 Å². The highest BCUT2D eigenvalue weighted by Crippen LogP contribution is 2.28. The Hall–Kier alpha value is -1.37. The molecule has 0 bridgehead atoms. The zero-order chi connectivity index (χ0) is 10.7. The maximum Gasteiger partial charge on any atom is 0.311 e. The van der Waals surface area contributed by atoms with E-state index in [1.807, 2.05) is 0 Å². The van der Waals surface area contributed by atoms with Gasteiger partial charge in [-0.1, -0.05) is 6.07 Å². The molecule has 6 nitrogen and oxygen atoms in total. The molecule has 0 aliphatic rings. The number of benzene rings is 1. The molecule has 0 fully saturated rings. The number of hydrogen-bond donors (Lipinski definition) is 3. The number of halogens is 1. The van der Waals surface area contributed by atoms with Gasteiger partial charge in [0, 0.05) is 12.6 Å². The van der Waals surface area contributed by atoms with Crippen molar-refractivity contribution in [3.05, 3.63) is 33.9 Å². The van der Waals surface area contributed by atoms with Crippen molar-refractivity contribution in [2.24, 2.45) is 5.73 Å². The average molecular weight is 235 g/mol. The highest BCUT2D eigenvalue weighted by molar-refractivity contribution is 5.85. The molecule has 4 N–H and O–H groups in total. The van der Waals surface area contributed by atoms with E-state index in [0.717, 1.165) is 12.1 Å². The van der Waals surface area contributed by atoms with Gasteiger partial charge in [0.25, 0.3) is 0 Å². The number of phenolic OH excluding ortho intramolecular Hbond substituents is 1. The first kappa shape index (κ1) is 13.6. The Balaban J connectivity index is 0.00000196. The first-order chi connectivity index (χ1) is 6.56. The second kappa shape index (κ2) is 5.50. The molecule has 0 amide bonds. The number of phenols is 1. The molecule has 0 aromatic heterocycles. The predicted molar refractivity (Wildman–Crippen MR) is 56.0 cm³/mol. The Labute approximate surface area is 91.9 Å². The summed E-state index contributed by atoms with van der Waals surface area (Å²) in [5.41, 5.74) is 5.07. The average Bonchev–Trinajstić information content (AvgIpc) is 2.17. The van der Waals surface area contributed by atoms with Crippen molar-refractivity contribution in [1.29, 1.82) is 0 Å². The van der Waals surface area contributed by atoms with Gasteiger partial charge in [-0.3, -0.25) is 10.1 Å². The largest absolute Gasteiger partial charge is 0.502 e. The normalized spacial score (nSPS) is 11.6. The van der Waals surface area contributed by atoms with E-state index in [2.05, 4.69) is 0 Å². The topological polar surface area (TPSA) is 110 Å². The van der Waals surface area contributed by atoms with Crippen LogP contribution in [0.5, 0.6) is 5.75 Å². The summed E-state index contributed by atoms with van der Waals surface area (Å²) in [4.78, 5) is 9.70. The SMILES string of the molecule is Cl.NCC(O)c1ccc(O)c([N+](=O)[O-])c1. The van der Waals surface area contributed by atoms with Crippen molar-refractivity contribution < 1.29 is 15.1 Å². The van der Waals surface area contributed by atoms with Crippen LogP contribution in [0.1, 0.15) is 11.7 Å². The zero-order valence-corrected chi connectivity index (χ0v) is 8.48. The van der Waals surface area contributed by atoms with E-state index in [1.165, 1.54) is 6.07 Å². The van der Waals surface area contributed by atoms with Crippen molar-refractivity contribution in [2.75, 3.05) is 6.54 Å². The van der Waals surface area contributed by atoms with Crippen LogP contribution in [0.15, 0.2) is 18.2 Å². The highest BCUT2D eigenvalue weighted by Gasteiger charge is 2.16. The summed E-state index contributed by atoms with van der Waals surface area (Å²) in [5.74, 6) is -0.428. The van der Waals surface area contributed by atoms with Gasteiger partial charge in [0.1, 0.15) is 0 Å². The molecule has 0 saturated carbocycles. The number of hydrogen-bond acceptors (Lipinski definition) is 5. The van der Waals surface area contributed by atoms with Crippen LogP contribution in [0.25, 0.3) is 0 Å². The Bertz CT molecular complexity index is 358. The summed E-state index contributed by atoms with van der Waals surface area (Å²) in [6, 6.07) is 3.65. The summed E-state index contributed by atoms with van der Waals surface area (Å²) in [6.07, 6.45) is -0.950. The van der Waals surface area contributed by atoms with Gasteiger partial charge in [-0.2, -0.15) is 0 Å². The monoisotopic (exact) mass is 234 g/mol. The summed E-state index contributed by atoms with van der Waals surface area (Å²) >= 11 is 0. The summed E-state index contributed by atoms with van der Waals surface area (Å²) in [5, 5.41) is 28.8. The quantitative estimate of drug-likeness (QED) is 0.527. The molecule has 1 aromatic rings. The van der Waals surface area contributed by atoms with Gasteiger partial charge >= 0.3 is 5.69 Å². The molecule has 1 rings (SSSR count). The number of rotatable bonds is 3. The van der Waals surface area contributed by atoms with Crippen LogP contribution in [0, 0.1) is 10.1 Å². The minimum Gasteiger partial charge on any atom is -0.502 e. The van der Waals surface area contributed by atoms with Crippen molar-refractivity contribution in [3.8, 4) is 5.75 Å². The lowest BCUT2D eigenvalue weighted by Crippen LogP contribution is -2.11. The Morgan fingerprint density at radius 2 is 2.13 bits per heavy atom. The van der Waals surface area contributed by atoms with Gasteiger partial charge in [0.05, 0.1) is 11.0 Å². The maximum atomic E-state index is 10.4. The lowest BCUT2D eigenvalue weighted by Gasteiger charge is -2.07. The Morgan fingerprint density at radius 1 is 1.53 bits per heavy atom. The Kier molecular flexibility index (Phi) is 4.99. The van der Waals surface area contributed by atoms with Gasteiger partial charge in [-0.25, -0.2) is 0 Å². The van der Waals surface area contributed by atoms with E-state index >= 15 is 0 Å². The van der Waals surface area contributed by atoms with E-state index in [9.17, 15) is 15.2 Å². The molecule has 0 heterocycles. The third-order valence-corrected chi connectivity index (χ3v) is 1.80. The van der Waals surface area contributed by atoms with Crippen LogP contribution in [0.4, 0.5) is 5.69 Å². The number of nitrogens with two attached hydrogens (primary N) is 1. The smallest absolute Gasteiger partial charge is 0.311 e. The molecular weight excluding hydrogens is 224 g/mol. The summed E-state index contributed by atoms with van der Waals surface area (Å²) < 4.78 is 0. The third kappa shape index (κ3) is 3.05. The predicted octanol–water partition coefficient (Wildman–Crippen LogP) is 0.714. The van der Waals surface area contributed by atoms with Crippen LogP contribution < -0.4 is 5.73 Å². The van der Waals surface area contributed by atoms with Gasteiger partial charge in [0.2, 0.25) is 0 Å². The molecular formula is C8H11ClN2O4. The van der Waals surface area contributed by atoms with Crippen LogP contribution >= 0.6 is 12.4 Å². The van der Waals surface area contributed by atoms with Crippen LogP contribution in [0.3, 0.4) is 0 Å². The molecule has 1 unspecified atom stereocenters. The van der Waals surface area contributed by atoms with Gasteiger partial charge in [0.15, 0.2) is 5.75 Å². The number of aliphatic hydroxyl groups is 1. The number of nitro benzene ring substituents is 1. The third-order valence-electron chi connectivity index (χ3n) is 1.80. The highest BCUT2D eigenvalue weighted by atomic mass is 35.5. The number of nitrogens with zero attached hydrogens (tertiary/aromatic N) is 1. The van der Waals surface area contributed by atoms with E-state index in [0.29, 0.717) is 5.56 Å². The van der Waals surface area contributed by atoms with Gasteiger partial charge < -0.3 is 15.9 Å². The van der Waals surface area contributed by atoms with E-state index < -0.39 is 22.5 Å². The molecule has 0 aliphatic heterocycles. The molecule has 0 radical (unpaired) electrons. The van der Waals surface area contributed by atoms with Gasteiger partial charge in [-0.05, 0) is 11.6 Å². The summed E-state index contributed by atoms with van der Waals surface area (Å²) in [6.45, 7) is -0.0259. The second-order valence-corrected chi connectivity index (χ2v) is 2.76. The van der Waals surface area contributed by atoms with E-state index in [1.54, 1.807) is 0 Å². The number of aromatic hydroxyl groups is 1. The fraction of sp³-hybridized carbons (Fsp3) is 0.250. The molecule has 1 atom stereocenters. The standard InChI is InChI=1S/C8H10N2O4.ClH/c9-4-8(12)5-1-2-7(11)6(3-5)10(13)14;/h1-3,8,11-12H,4,9H2;1H. The zero-order valence-electron chi connectivity index (χ0n) is 7.66. The lowest BCUT2D eigenvalue weighted by atomic mass is 10.1. The lowest BCUT2D eigenvalue weighted by molar-refractivity contribution is -0.386. The minimum atomic E-state index is -0.950. The fourth-order valence-electron chi connectivity index (χ4n) is 1.03. The summed E-state index contributed by atoms with van der Waals surface area (Å²) in [7, 11) is 0. The van der Waals surface area contributed by atoms with E-state index in [-0.39, 0.29) is 19.0 Å². The molecule has 84 valence electrons. The number of nitro groups is 1. The number of aliphatic hydroxyl groups excluding tert-OH is 1. The van der Waals surface area contributed by atoms with Crippen molar-refractivity contribution in [2.45, 2.75) is 6.10 Å². The molecule has 0 saturated heterocycles. The van der Waals surface area contributed by atoms with Crippen LogP contribution in [-0.4, -0.2) is 21.7 Å². The molecule has 1 aromatic carbocycles. The molecule has 0 spiro atoms.